The van der Waals surface area contributed by atoms with Gasteiger partial charge >= 0.3 is 5.97 Å². The molecule has 5 nitrogen and oxygen atoms in total. The summed E-state index contributed by atoms with van der Waals surface area (Å²) in [6.07, 6.45) is 0.637. The fourth-order valence-corrected chi connectivity index (χ4v) is 3.10. The third-order valence-corrected chi connectivity index (χ3v) is 4.64. The van der Waals surface area contributed by atoms with Crippen LogP contribution in [0.2, 0.25) is 0 Å². The molecule has 1 aromatic rings. The lowest BCUT2D eigenvalue weighted by Gasteiger charge is -2.10. The topological polar surface area (TPSA) is 104 Å². The first-order chi connectivity index (χ1) is 8.80. The monoisotopic (exact) mass is 284 g/mol. The second-order valence-corrected chi connectivity index (χ2v) is 7.13. The fraction of sp³-hybridized carbons (Fsp3) is 0.462. The molecule has 19 heavy (non-hydrogen) atoms. The highest BCUT2D eigenvalue weighted by Crippen LogP contribution is 2.08. The molecule has 0 aliphatic rings. The summed E-state index contributed by atoms with van der Waals surface area (Å²) in [7, 11) is -2.76. The van der Waals surface area contributed by atoms with E-state index in [-0.39, 0.29) is 17.9 Å². The average Bonchev–Trinajstić information content (AvgIpc) is 2.34. The maximum Gasteiger partial charge on any atom is 0.320 e. The lowest BCUT2D eigenvalue weighted by Crippen LogP contribution is -2.32. The first-order valence-electron chi connectivity index (χ1n) is 6.08. The van der Waals surface area contributed by atoms with E-state index in [0.717, 1.165) is 11.1 Å². The van der Waals surface area contributed by atoms with Gasteiger partial charge in [0.05, 0.1) is 0 Å². The van der Waals surface area contributed by atoms with E-state index in [2.05, 4.69) is 0 Å². The zero-order valence-corrected chi connectivity index (χ0v) is 11.8. The molecule has 0 amide bonds. The van der Waals surface area contributed by atoms with Gasteiger partial charge in [-0.25, -0.2) is 4.21 Å². The quantitative estimate of drug-likeness (QED) is 0.703. The van der Waals surface area contributed by atoms with Crippen molar-refractivity contribution in [2.24, 2.45) is 5.73 Å². The molecule has 1 rings (SSSR count). The van der Waals surface area contributed by atoms with E-state index in [1.807, 2.05) is 31.2 Å². The Morgan fingerprint density at radius 2 is 2.16 bits per heavy atom. The average molecular weight is 284 g/mol. The lowest BCUT2D eigenvalue weighted by atomic mass is 10.1. The second-order valence-electron chi connectivity index (χ2n) is 4.69. The van der Waals surface area contributed by atoms with Crippen LogP contribution in [-0.4, -0.2) is 32.8 Å². The van der Waals surface area contributed by atoms with Gasteiger partial charge in [-0.05, 0) is 25.3 Å². The highest BCUT2D eigenvalue weighted by molar-refractivity contribution is 7.92. The van der Waals surface area contributed by atoms with Gasteiger partial charge in [-0.2, -0.15) is 0 Å². The predicted molar refractivity (Wildman–Crippen MR) is 75.7 cm³/mol. The lowest BCUT2D eigenvalue weighted by molar-refractivity contribution is -0.138. The molecule has 0 saturated carbocycles. The van der Waals surface area contributed by atoms with Crippen LogP contribution in [0.4, 0.5) is 0 Å². The molecule has 0 heterocycles. The minimum absolute atomic E-state index is 0.0340. The third kappa shape index (κ3) is 5.85. The molecule has 1 aromatic carbocycles. The van der Waals surface area contributed by atoms with Crippen LogP contribution in [0, 0.1) is 11.7 Å². The van der Waals surface area contributed by atoms with Crippen LogP contribution in [0.5, 0.6) is 0 Å². The van der Waals surface area contributed by atoms with Crippen LogP contribution in [0.25, 0.3) is 0 Å². The molecule has 0 spiro atoms. The maximum absolute atomic E-state index is 12.0. The number of rotatable bonds is 7. The standard InChI is InChI=1S/C13H20N2O3S/c1-10-3-2-4-11(9-10)5-7-19(15,18)8-6-12(14)13(16)17/h2-4,9,12,15H,5-8,14H2,1H3,(H,16,17)/t12-,19?/m0/s1. The number of carboxylic acids is 1. The van der Waals surface area contributed by atoms with Crippen LogP contribution >= 0.6 is 0 Å². The van der Waals surface area contributed by atoms with Crippen molar-refractivity contribution in [1.29, 1.82) is 4.78 Å². The Kier molecular flexibility index (Phi) is 5.50. The summed E-state index contributed by atoms with van der Waals surface area (Å²) in [6, 6.07) is 6.80. The number of nitrogens with two attached hydrogens (primary N) is 1. The number of hydrogen-bond acceptors (Lipinski definition) is 4. The van der Waals surface area contributed by atoms with Gasteiger partial charge in [0, 0.05) is 21.2 Å². The molecule has 0 fully saturated rings. The SMILES string of the molecule is Cc1cccc(CCS(=N)(=O)CC[C@H](N)C(=O)O)c1. The molecular formula is C13H20N2O3S. The normalized spacial score (nSPS) is 15.7. The molecule has 4 N–H and O–H groups in total. The van der Waals surface area contributed by atoms with E-state index in [4.69, 9.17) is 15.6 Å². The Balaban J connectivity index is 2.49. The zero-order chi connectivity index (χ0) is 14.5. The van der Waals surface area contributed by atoms with Gasteiger partial charge in [0.1, 0.15) is 6.04 Å². The van der Waals surface area contributed by atoms with Crippen molar-refractivity contribution in [2.75, 3.05) is 11.5 Å². The van der Waals surface area contributed by atoms with E-state index >= 15 is 0 Å². The first kappa shape index (κ1) is 15.7. The van der Waals surface area contributed by atoms with Gasteiger partial charge in [-0.15, -0.1) is 0 Å². The van der Waals surface area contributed by atoms with Crippen LogP contribution in [0.1, 0.15) is 17.5 Å². The molecule has 0 aliphatic heterocycles. The molecule has 0 aliphatic carbocycles. The van der Waals surface area contributed by atoms with Gasteiger partial charge in [0.25, 0.3) is 0 Å². The van der Waals surface area contributed by atoms with E-state index < -0.39 is 21.7 Å². The molecule has 0 radical (unpaired) electrons. The van der Waals surface area contributed by atoms with Crippen LogP contribution in [0.3, 0.4) is 0 Å². The number of hydrogen-bond donors (Lipinski definition) is 3. The van der Waals surface area contributed by atoms with Crippen molar-refractivity contribution in [3.63, 3.8) is 0 Å². The summed E-state index contributed by atoms with van der Waals surface area (Å²) in [5.41, 5.74) is 7.51. The van der Waals surface area contributed by atoms with Crippen molar-refractivity contribution >= 4 is 15.7 Å². The minimum atomic E-state index is -2.76. The third-order valence-electron chi connectivity index (χ3n) is 2.88. The summed E-state index contributed by atoms with van der Waals surface area (Å²) in [6.45, 7) is 1.98. The van der Waals surface area contributed by atoms with Gasteiger partial charge in [0.2, 0.25) is 0 Å². The second kappa shape index (κ2) is 6.68. The Morgan fingerprint density at radius 3 is 2.74 bits per heavy atom. The molecule has 0 bridgehead atoms. The van der Waals surface area contributed by atoms with Crippen molar-refractivity contribution in [2.45, 2.75) is 25.8 Å². The molecule has 1 unspecified atom stereocenters. The van der Waals surface area contributed by atoms with Gasteiger partial charge in [-0.1, -0.05) is 29.8 Å². The number of benzene rings is 1. The molecule has 2 atom stereocenters. The van der Waals surface area contributed by atoms with Gasteiger partial charge in [-0.3, -0.25) is 9.57 Å². The van der Waals surface area contributed by atoms with Crippen molar-refractivity contribution < 1.29 is 14.1 Å². The number of aryl methyl sites for hydroxylation is 2. The Labute approximate surface area is 113 Å². The highest BCUT2D eigenvalue weighted by atomic mass is 32.2. The van der Waals surface area contributed by atoms with Crippen LogP contribution in [0.15, 0.2) is 24.3 Å². The molecule has 0 aromatic heterocycles. The molecular weight excluding hydrogens is 264 g/mol. The minimum Gasteiger partial charge on any atom is -0.480 e. The molecule has 106 valence electrons. The van der Waals surface area contributed by atoms with E-state index in [1.165, 1.54) is 0 Å². The number of aliphatic carboxylic acids is 1. The molecule has 6 heteroatoms. The summed E-state index contributed by atoms with van der Waals surface area (Å²) < 4.78 is 19.7. The highest BCUT2D eigenvalue weighted by Gasteiger charge is 2.15. The predicted octanol–water partition coefficient (Wildman–Crippen LogP) is 1.39. The number of nitrogens with one attached hydrogen (secondary N) is 1. The summed E-state index contributed by atoms with van der Waals surface area (Å²) >= 11 is 0. The van der Waals surface area contributed by atoms with E-state index in [0.29, 0.717) is 6.42 Å². The maximum atomic E-state index is 12.0. The summed E-state index contributed by atoms with van der Waals surface area (Å²) in [4.78, 5) is 10.6. The smallest absolute Gasteiger partial charge is 0.320 e. The summed E-state index contributed by atoms with van der Waals surface area (Å²) in [5, 5.41) is 8.64. The largest absolute Gasteiger partial charge is 0.480 e. The van der Waals surface area contributed by atoms with Crippen molar-refractivity contribution in [1.82, 2.24) is 0 Å². The number of carbonyl (C=O) groups is 1. The Hall–Kier alpha value is -1.40. The van der Waals surface area contributed by atoms with Gasteiger partial charge in [0.15, 0.2) is 0 Å². The Morgan fingerprint density at radius 1 is 1.47 bits per heavy atom. The number of carboxylic acid groups (broad SMARTS) is 1. The van der Waals surface area contributed by atoms with E-state index in [9.17, 15) is 9.00 Å². The van der Waals surface area contributed by atoms with Crippen LogP contribution < -0.4 is 5.73 Å². The van der Waals surface area contributed by atoms with Crippen LogP contribution in [-0.2, 0) is 20.9 Å². The summed E-state index contributed by atoms with van der Waals surface area (Å²) in [5.74, 6) is -0.844. The fourth-order valence-electron chi connectivity index (χ4n) is 1.69. The zero-order valence-electron chi connectivity index (χ0n) is 11.0. The van der Waals surface area contributed by atoms with Crippen molar-refractivity contribution in [3.8, 4) is 0 Å². The molecule has 0 saturated heterocycles. The van der Waals surface area contributed by atoms with Crippen molar-refractivity contribution in [3.05, 3.63) is 35.4 Å². The first-order valence-corrected chi connectivity index (χ1v) is 7.98. The van der Waals surface area contributed by atoms with E-state index in [1.54, 1.807) is 0 Å². The Bertz CT molecular complexity index is 541. The van der Waals surface area contributed by atoms with Gasteiger partial charge < -0.3 is 10.8 Å².